The third-order valence-electron chi connectivity index (χ3n) is 3.10. The predicted octanol–water partition coefficient (Wildman–Crippen LogP) is 0.0860. The van der Waals surface area contributed by atoms with Gasteiger partial charge in [0.25, 0.3) is 0 Å². The van der Waals surface area contributed by atoms with E-state index in [9.17, 15) is 0 Å². The van der Waals surface area contributed by atoms with Gasteiger partial charge in [-0.05, 0) is 18.8 Å². The molecule has 0 aromatic carbocycles. The van der Waals surface area contributed by atoms with Crippen LogP contribution in [0.2, 0.25) is 0 Å². The monoisotopic (exact) mass is 281 g/mol. The molecule has 112 valence electrons. The normalized spacial score (nSPS) is 14.2. The van der Waals surface area contributed by atoms with E-state index in [0.29, 0.717) is 24.5 Å². The number of ether oxygens (including phenoxy) is 1. The van der Waals surface area contributed by atoms with Crippen LogP contribution in [-0.2, 0) is 4.74 Å². The van der Waals surface area contributed by atoms with Gasteiger partial charge in [0.1, 0.15) is 0 Å². The minimum Gasteiger partial charge on any atom is -0.379 e. The molecule has 3 N–H and O–H groups in total. The number of nitrogen functional groups attached to an aromatic ring is 1. The highest BCUT2D eigenvalue weighted by Crippen LogP contribution is 2.28. The minimum absolute atomic E-state index is 0.351. The fraction of sp³-hybridized carbons (Fsp3) is 0.750. The van der Waals surface area contributed by atoms with Gasteiger partial charge < -0.3 is 14.5 Å². The number of rotatable bonds is 8. The Labute approximate surface area is 119 Å². The number of anilines is 3. The van der Waals surface area contributed by atoms with Crippen LogP contribution >= 0.6 is 0 Å². The highest BCUT2D eigenvalue weighted by molar-refractivity contribution is 5.43. The van der Waals surface area contributed by atoms with Crippen LogP contribution in [0.25, 0.3) is 0 Å². The summed E-state index contributed by atoms with van der Waals surface area (Å²) in [6.45, 7) is 2.26. The van der Waals surface area contributed by atoms with E-state index in [1.165, 1.54) is 12.8 Å². The highest BCUT2D eigenvalue weighted by Gasteiger charge is 2.21. The molecule has 0 aliphatic heterocycles. The molecule has 1 aliphatic carbocycles. The minimum atomic E-state index is 0.351. The lowest BCUT2D eigenvalue weighted by Gasteiger charge is -2.19. The number of likely N-dealkylation sites (N-methyl/N-ethyl adjacent to an activating group) is 1. The van der Waals surface area contributed by atoms with Gasteiger partial charge in [-0.3, -0.25) is 5.43 Å². The maximum absolute atomic E-state index is 5.62. The van der Waals surface area contributed by atoms with Crippen molar-refractivity contribution in [2.24, 2.45) is 11.8 Å². The van der Waals surface area contributed by atoms with E-state index >= 15 is 0 Å². The molecular weight excluding hydrogens is 258 g/mol. The molecule has 0 atom stereocenters. The van der Waals surface area contributed by atoms with Gasteiger partial charge in [0.2, 0.25) is 17.8 Å². The van der Waals surface area contributed by atoms with Crippen LogP contribution in [0.5, 0.6) is 0 Å². The first kappa shape index (κ1) is 14.7. The van der Waals surface area contributed by atoms with Crippen LogP contribution < -0.4 is 21.1 Å². The van der Waals surface area contributed by atoms with E-state index in [1.54, 1.807) is 0 Å². The molecule has 1 heterocycles. The molecule has 0 unspecified atom stereocenters. The first-order valence-corrected chi connectivity index (χ1v) is 6.79. The lowest BCUT2D eigenvalue weighted by Crippen LogP contribution is -2.27. The van der Waals surface area contributed by atoms with Crippen molar-refractivity contribution in [2.75, 3.05) is 56.1 Å². The van der Waals surface area contributed by atoms with Gasteiger partial charge in [0, 0.05) is 34.3 Å². The molecule has 1 fully saturated rings. The molecule has 20 heavy (non-hydrogen) atoms. The van der Waals surface area contributed by atoms with Crippen molar-refractivity contribution in [3.8, 4) is 0 Å². The number of nitrogens with two attached hydrogens (primary N) is 1. The Kier molecular flexibility index (Phi) is 4.91. The first-order valence-electron chi connectivity index (χ1n) is 6.79. The summed E-state index contributed by atoms with van der Waals surface area (Å²) in [4.78, 5) is 16.5. The molecule has 1 saturated carbocycles. The average Bonchev–Trinajstić information content (AvgIpc) is 3.26. The number of hydrazine groups is 1. The van der Waals surface area contributed by atoms with Crippen molar-refractivity contribution in [3.63, 3.8) is 0 Å². The van der Waals surface area contributed by atoms with Crippen LogP contribution in [-0.4, -0.2) is 55.9 Å². The van der Waals surface area contributed by atoms with Crippen LogP contribution in [0.3, 0.4) is 0 Å². The number of hydrogen-bond donors (Lipinski definition) is 2. The van der Waals surface area contributed by atoms with Gasteiger partial charge in [-0.25, -0.2) is 5.84 Å². The summed E-state index contributed by atoms with van der Waals surface area (Å²) in [6, 6.07) is 0. The highest BCUT2D eigenvalue weighted by atomic mass is 16.5. The summed E-state index contributed by atoms with van der Waals surface area (Å²) >= 11 is 0. The number of nitrogens with zero attached hydrogens (tertiary/aromatic N) is 5. The van der Waals surface area contributed by atoms with Gasteiger partial charge >= 0.3 is 0 Å². The summed E-state index contributed by atoms with van der Waals surface area (Å²) in [5.74, 6) is 7.66. The zero-order chi connectivity index (χ0) is 14.5. The van der Waals surface area contributed by atoms with Crippen molar-refractivity contribution in [1.82, 2.24) is 15.0 Å². The Morgan fingerprint density at radius 3 is 2.50 bits per heavy atom. The van der Waals surface area contributed by atoms with Crippen LogP contribution in [0, 0.1) is 5.92 Å². The third kappa shape index (κ3) is 4.17. The quantitative estimate of drug-likeness (QED) is 0.393. The second kappa shape index (κ2) is 6.67. The average molecular weight is 281 g/mol. The number of aromatic nitrogens is 3. The fourth-order valence-corrected chi connectivity index (χ4v) is 1.63. The predicted molar refractivity (Wildman–Crippen MR) is 78.8 cm³/mol. The Morgan fingerprint density at radius 2 is 1.90 bits per heavy atom. The molecular formula is C12H23N7O. The summed E-state index contributed by atoms with van der Waals surface area (Å²) in [5.41, 5.74) is 2.46. The summed E-state index contributed by atoms with van der Waals surface area (Å²) < 4.78 is 5.62. The Bertz CT molecular complexity index is 436. The van der Waals surface area contributed by atoms with E-state index in [-0.39, 0.29) is 0 Å². The molecule has 2 rings (SSSR count). The van der Waals surface area contributed by atoms with Crippen molar-refractivity contribution >= 4 is 17.8 Å². The Morgan fingerprint density at radius 1 is 1.20 bits per heavy atom. The zero-order valence-corrected chi connectivity index (χ0v) is 12.3. The van der Waals surface area contributed by atoms with Gasteiger partial charge in [0.05, 0.1) is 6.61 Å². The molecule has 8 heteroatoms. The van der Waals surface area contributed by atoms with Gasteiger partial charge in [0.15, 0.2) is 0 Å². The lowest BCUT2D eigenvalue weighted by atomic mass is 10.5. The van der Waals surface area contributed by atoms with Crippen molar-refractivity contribution in [3.05, 3.63) is 0 Å². The molecule has 0 saturated heterocycles. The topological polar surface area (TPSA) is 92.4 Å². The SMILES string of the molecule is CN(C)c1nc(NN)nc(N(C)CCOCC2CC2)n1. The summed E-state index contributed by atoms with van der Waals surface area (Å²) in [6.07, 6.45) is 2.61. The van der Waals surface area contributed by atoms with E-state index in [1.807, 2.05) is 30.9 Å². The lowest BCUT2D eigenvalue weighted by molar-refractivity contribution is 0.130. The Balaban J connectivity index is 1.92. The van der Waals surface area contributed by atoms with Crippen molar-refractivity contribution in [1.29, 1.82) is 0 Å². The smallest absolute Gasteiger partial charge is 0.243 e. The molecule has 0 spiro atoms. The first-order chi connectivity index (χ1) is 9.60. The summed E-state index contributed by atoms with van der Waals surface area (Å²) in [5, 5.41) is 0. The van der Waals surface area contributed by atoms with Crippen LogP contribution in [0.15, 0.2) is 0 Å². The van der Waals surface area contributed by atoms with E-state index in [2.05, 4.69) is 20.4 Å². The molecule has 0 amide bonds. The summed E-state index contributed by atoms with van der Waals surface area (Å²) in [7, 11) is 5.67. The van der Waals surface area contributed by atoms with E-state index < -0.39 is 0 Å². The second-order valence-electron chi connectivity index (χ2n) is 5.24. The third-order valence-corrected chi connectivity index (χ3v) is 3.10. The Hall–Kier alpha value is -1.67. The van der Waals surface area contributed by atoms with Gasteiger partial charge in [-0.15, -0.1) is 0 Å². The standard InChI is InChI=1S/C12H23N7O/c1-18(2)11-14-10(17-13)15-12(16-11)19(3)6-7-20-8-9-4-5-9/h9H,4-8,13H2,1-3H3,(H,14,15,16,17). The van der Waals surface area contributed by atoms with Crippen molar-refractivity contribution in [2.45, 2.75) is 12.8 Å². The largest absolute Gasteiger partial charge is 0.379 e. The fourth-order valence-electron chi connectivity index (χ4n) is 1.63. The molecule has 0 radical (unpaired) electrons. The number of nitrogens with one attached hydrogen (secondary N) is 1. The van der Waals surface area contributed by atoms with Gasteiger partial charge in [-0.1, -0.05) is 0 Å². The second-order valence-corrected chi connectivity index (χ2v) is 5.24. The molecule has 0 bridgehead atoms. The van der Waals surface area contributed by atoms with E-state index in [0.717, 1.165) is 19.1 Å². The number of hydrogen-bond acceptors (Lipinski definition) is 8. The van der Waals surface area contributed by atoms with Gasteiger partial charge in [-0.2, -0.15) is 15.0 Å². The van der Waals surface area contributed by atoms with Crippen LogP contribution in [0.4, 0.5) is 17.8 Å². The van der Waals surface area contributed by atoms with E-state index in [4.69, 9.17) is 10.6 Å². The maximum atomic E-state index is 5.62. The maximum Gasteiger partial charge on any atom is 0.243 e. The zero-order valence-electron chi connectivity index (χ0n) is 12.3. The molecule has 1 aliphatic rings. The molecule has 1 aromatic heterocycles. The molecule has 1 aromatic rings. The molecule has 8 nitrogen and oxygen atoms in total. The van der Waals surface area contributed by atoms with Crippen LogP contribution in [0.1, 0.15) is 12.8 Å². The van der Waals surface area contributed by atoms with Crippen molar-refractivity contribution < 1.29 is 4.74 Å².